The number of hydrogen-bond acceptors (Lipinski definition) is 2. The Balaban J connectivity index is 0.000000557. The molecule has 1 aromatic carbocycles. The zero-order valence-electron chi connectivity index (χ0n) is 8.70. The summed E-state index contributed by atoms with van der Waals surface area (Å²) in [6.07, 6.45) is 0. The first-order valence-electron chi connectivity index (χ1n) is 4.35. The van der Waals surface area contributed by atoms with Gasteiger partial charge in [0.15, 0.2) is 0 Å². The minimum absolute atomic E-state index is 0.0290. The zero-order valence-corrected chi connectivity index (χ0v) is 15.0. The standard InChI is InChI=1S/C8H6Br4O.C2H4O2/c9-7(10)4-2-1-3-5(6(4)13)8(11)12;1-2(3)4/h1-3,7-8,13H;1H3,(H,3,4). The van der Waals surface area contributed by atoms with Crippen LogP contribution in [0.1, 0.15) is 25.5 Å². The van der Waals surface area contributed by atoms with E-state index in [0.717, 1.165) is 18.1 Å². The van der Waals surface area contributed by atoms with Crippen molar-refractivity contribution in [3.8, 4) is 5.75 Å². The topological polar surface area (TPSA) is 57.5 Å². The van der Waals surface area contributed by atoms with Crippen LogP contribution >= 0.6 is 63.7 Å². The van der Waals surface area contributed by atoms with Crippen molar-refractivity contribution in [2.45, 2.75) is 14.4 Å². The Morgan fingerprint density at radius 3 is 1.65 bits per heavy atom. The molecule has 1 rings (SSSR count). The summed E-state index contributed by atoms with van der Waals surface area (Å²) < 4.78 is -0.0580. The summed E-state index contributed by atoms with van der Waals surface area (Å²) in [6.45, 7) is 1.08. The van der Waals surface area contributed by atoms with Crippen LogP contribution in [0.5, 0.6) is 5.75 Å². The molecule has 0 heterocycles. The van der Waals surface area contributed by atoms with Crippen LogP contribution in [0.4, 0.5) is 0 Å². The molecule has 0 amide bonds. The minimum atomic E-state index is -0.833. The minimum Gasteiger partial charge on any atom is -0.507 e. The van der Waals surface area contributed by atoms with Gasteiger partial charge in [-0.1, -0.05) is 81.9 Å². The molecule has 3 nitrogen and oxygen atoms in total. The molecule has 0 bridgehead atoms. The van der Waals surface area contributed by atoms with E-state index in [9.17, 15) is 5.11 Å². The molecule has 0 atom stereocenters. The molecule has 0 saturated carbocycles. The molecule has 0 fully saturated rings. The number of carbonyl (C=O) groups is 1. The van der Waals surface area contributed by atoms with Crippen molar-refractivity contribution in [1.82, 2.24) is 0 Å². The molecule has 1 aromatic rings. The van der Waals surface area contributed by atoms with Crippen LogP contribution < -0.4 is 0 Å². The Morgan fingerprint density at radius 2 is 1.41 bits per heavy atom. The maximum atomic E-state index is 9.81. The van der Waals surface area contributed by atoms with Gasteiger partial charge < -0.3 is 10.2 Å². The van der Waals surface area contributed by atoms with Crippen LogP contribution in [0.25, 0.3) is 0 Å². The lowest BCUT2D eigenvalue weighted by molar-refractivity contribution is -0.134. The highest BCUT2D eigenvalue weighted by Gasteiger charge is 2.15. The number of aromatic hydroxyl groups is 1. The van der Waals surface area contributed by atoms with E-state index in [1.807, 2.05) is 18.2 Å². The van der Waals surface area contributed by atoms with Crippen molar-refractivity contribution in [3.63, 3.8) is 0 Å². The van der Waals surface area contributed by atoms with Gasteiger partial charge in [-0.05, 0) is 0 Å². The molecule has 0 radical (unpaired) electrons. The number of hydrogen-bond donors (Lipinski definition) is 2. The van der Waals surface area contributed by atoms with Crippen molar-refractivity contribution in [2.24, 2.45) is 0 Å². The van der Waals surface area contributed by atoms with Crippen molar-refractivity contribution in [1.29, 1.82) is 0 Å². The van der Waals surface area contributed by atoms with E-state index in [4.69, 9.17) is 9.90 Å². The summed E-state index contributed by atoms with van der Waals surface area (Å²) in [5.74, 6) is -0.542. The SMILES string of the molecule is CC(=O)O.Oc1c(C(Br)Br)cccc1C(Br)Br. The highest BCUT2D eigenvalue weighted by molar-refractivity contribution is 9.24. The number of carboxylic acid groups (broad SMARTS) is 1. The number of benzene rings is 1. The Bertz CT molecular complexity index is 350. The molecule has 0 aliphatic rings. The number of phenols is 1. The number of halogens is 4. The molecular weight excluding hydrogens is 488 g/mol. The average Bonchev–Trinajstić information content (AvgIpc) is 2.15. The van der Waals surface area contributed by atoms with E-state index in [1.165, 1.54) is 0 Å². The zero-order chi connectivity index (χ0) is 13.6. The summed E-state index contributed by atoms with van der Waals surface area (Å²) >= 11 is 13.4. The second-order valence-electron chi connectivity index (χ2n) is 2.91. The van der Waals surface area contributed by atoms with Gasteiger partial charge in [-0.15, -0.1) is 0 Å². The Morgan fingerprint density at radius 1 is 1.12 bits per heavy atom. The van der Waals surface area contributed by atoms with Gasteiger partial charge >= 0.3 is 0 Å². The molecule has 0 aromatic heterocycles. The maximum absolute atomic E-state index is 9.81. The second kappa shape index (κ2) is 8.50. The van der Waals surface area contributed by atoms with Crippen molar-refractivity contribution in [2.75, 3.05) is 0 Å². The predicted octanol–water partition coefficient (Wildman–Crippen LogP) is 5.06. The molecule has 17 heavy (non-hydrogen) atoms. The van der Waals surface area contributed by atoms with Gasteiger partial charge in [-0.3, -0.25) is 4.79 Å². The summed E-state index contributed by atoms with van der Waals surface area (Å²) in [7, 11) is 0. The van der Waals surface area contributed by atoms with Gasteiger partial charge in [0, 0.05) is 18.1 Å². The van der Waals surface area contributed by atoms with Gasteiger partial charge in [-0.2, -0.15) is 0 Å². The van der Waals surface area contributed by atoms with E-state index >= 15 is 0 Å². The number of aliphatic carboxylic acids is 1. The van der Waals surface area contributed by atoms with E-state index in [0.29, 0.717) is 5.75 Å². The molecule has 96 valence electrons. The third-order valence-corrected chi connectivity index (χ3v) is 3.54. The van der Waals surface area contributed by atoms with Gasteiger partial charge in [-0.25, -0.2) is 0 Å². The fraction of sp³-hybridized carbons (Fsp3) is 0.300. The number of para-hydroxylation sites is 1. The monoisotopic (exact) mass is 494 g/mol. The van der Waals surface area contributed by atoms with Gasteiger partial charge in [0.05, 0.1) is 7.47 Å². The molecule has 0 aliphatic carbocycles. The molecule has 2 N–H and O–H groups in total. The summed E-state index contributed by atoms with van der Waals surface area (Å²) in [6, 6.07) is 5.61. The number of alkyl halides is 4. The van der Waals surface area contributed by atoms with Gasteiger partial charge in [0.1, 0.15) is 5.75 Å². The summed E-state index contributed by atoms with van der Waals surface area (Å²) in [5.41, 5.74) is 1.64. The largest absolute Gasteiger partial charge is 0.507 e. The van der Waals surface area contributed by atoms with E-state index < -0.39 is 5.97 Å². The van der Waals surface area contributed by atoms with Gasteiger partial charge in [0.2, 0.25) is 0 Å². The van der Waals surface area contributed by atoms with Crippen LogP contribution in [0.2, 0.25) is 0 Å². The van der Waals surface area contributed by atoms with Crippen molar-refractivity contribution in [3.05, 3.63) is 29.3 Å². The van der Waals surface area contributed by atoms with Crippen LogP contribution in [0.15, 0.2) is 18.2 Å². The van der Waals surface area contributed by atoms with E-state index in [2.05, 4.69) is 63.7 Å². The quantitative estimate of drug-likeness (QED) is 0.562. The fourth-order valence-corrected chi connectivity index (χ4v) is 2.41. The Labute approximate surface area is 133 Å². The first-order valence-corrected chi connectivity index (χ1v) is 8.01. The third-order valence-electron chi connectivity index (χ3n) is 1.57. The summed E-state index contributed by atoms with van der Waals surface area (Å²) in [5, 5.41) is 17.2. The van der Waals surface area contributed by atoms with E-state index in [1.54, 1.807) is 0 Å². The second-order valence-corrected chi connectivity index (χ2v) is 9.03. The molecule has 0 spiro atoms. The van der Waals surface area contributed by atoms with E-state index in [-0.39, 0.29) is 7.47 Å². The highest BCUT2D eigenvalue weighted by Crippen LogP contribution is 2.42. The first-order chi connectivity index (χ1) is 7.77. The lowest BCUT2D eigenvalue weighted by Crippen LogP contribution is -1.88. The van der Waals surface area contributed by atoms with Crippen LogP contribution in [-0.4, -0.2) is 16.2 Å². The fourth-order valence-electron chi connectivity index (χ4n) is 0.932. The normalized spacial score (nSPS) is 10.1. The summed E-state index contributed by atoms with van der Waals surface area (Å²) in [4.78, 5) is 9.00. The molecule has 7 heteroatoms. The molecule has 0 aliphatic heterocycles. The molecule has 0 saturated heterocycles. The number of carboxylic acids is 1. The third kappa shape index (κ3) is 6.79. The molecular formula is C10H10Br4O3. The van der Waals surface area contributed by atoms with Crippen molar-refractivity contribution >= 4 is 69.7 Å². The first kappa shape index (κ1) is 17.4. The van der Waals surface area contributed by atoms with Crippen LogP contribution in [0.3, 0.4) is 0 Å². The van der Waals surface area contributed by atoms with Gasteiger partial charge in [0.25, 0.3) is 5.97 Å². The maximum Gasteiger partial charge on any atom is 0.300 e. The predicted molar refractivity (Wildman–Crippen MR) is 82.6 cm³/mol. The average molecular weight is 498 g/mol. The number of rotatable bonds is 2. The van der Waals surface area contributed by atoms with Crippen LogP contribution in [0, 0.1) is 0 Å². The van der Waals surface area contributed by atoms with Crippen LogP contribution in [-0.2, 0) is 4.79 Å². The highest BCUT2D eigenvalue weighted by atomic mass is 79.9. The Hall–Kier alpha value is 0.410. The smallest absolute Gasteiger partial charge is 0.300 e. The Kier molecular flexibility index (Phi) is 8.71. The lowest BCUT2D eigenvalue weighted by Gasteiger charge is -2.10. The number of phenolic OH excluding ortho intramolecular Hbond substituents is 1. The lowest BCUT2D eigenvalue weighted by atomic mass is 10.1. The molecule has 0 unspecified atom stereocenters. The van der Waals surface area contributed by atoms with Crippen molar-refractivity contribution < 1.29 is 15.0 Å².